The van der Waals surface area contributed by atoms with Crippen LogP contribution in [-0.4, -0.2) is 42.0 Å². The van der Waals surface area contributed by atoms with E-state index in [9.17, 15) is 4.79 Å². The van der Waals surface area contributed by atoms with Crippen LogP contribution in [0.1, 0.15) is 28.8 Å². The summed E-state index contributed by atoms with van der Waals surface area (Å²) in [5, 5.41) is 3.27. The van der Waals surface area contributed by atoms with Crippen molar-refractivity contribution in [2.45, 2.75) is 25.8 Å². The van der Waals surface area contributed by atoms with E-state index in [1.165, 1.54) is 5.56 Å². The van der Waals surface area contributed by atoms with E-state index in [1.807, 2.05) is 24.2 Å². The molecule has 1 unspecified atom stereocenters. The Morgan fingerprint density at radius 1 is 1.22 bits per heavy atom. The number of nitrogens with zero attached hydrogens (tertiary/aromatic N) is 2. The van der Waals surface area contributed by atoms with Crippen LogP contribution < -0.4 is 5.32 Å². The molecule has 1 amide bonds. The molecule has 23 heavy (non-hydrogen) atoms. The van der Waals surface area contributed by atoms with E-state index in [2.05, 4.69) is 41.5 Å². The molecule has 120 valence electrons. The highest BCUT2D eigenvalue weighted by atomic mass is 16.2. The van der Waals surface area contributed by atoms with Gasteiger partial charge in [-0.2, -0.15) is 0 Å². The summed E-state index contributed by atoms with van der Waals surface area (Å²) in [4.78, 5) is 19.0. The van der Waals surface area contributed by atoms with Crippen molar-refractivity contribution in [2.24, 2.45) is 0 Å². The van der Waals surface area contributed by atoms with E-state index < -0.39 is 0 Å². The van der Waals surface area contributed by atoms with Crippen LogP contribution in [0.4, 0.5) is 0 Å². The molecule has 1 aliphatic heterocycles. The van der Waals surface area contributed by atoms with Gasteiger partial charge in [-0.1, -0.05) is 29.8 Å². The lowest BCUT2D eigenvalue weighted by Crippen LogP contribution is -2.47. The number of carbonyl (C=O) groups is 1. The third-order valence-corrected chi connectivity index (χ3v) is 4.49. The highest BCUT2D eigenvalue weighted by molar-refractivity contribution is 5.95. The van der Waals surface area contributed by atoms with Gasteiger partial charge in [-0.25, -0.2) is 0 Å². The summed E-state index contributed by atoms with van der Waals surface area (Å²) < 4.78 is 0. The van der Waals surface area contributed by atoms with Crippen molar-refractivity contribution in [1.29, 1.82) is 0 Å². The van der Waals surface area contributed by atoms with Crippen LogP contribution >= 0.6 is 0 Å². The first-order valence-corrected chi connectivity index (χ1v) is 8.16. The second kappa shape index (κ2) is 6.92. The van der Waals surface area contributed by atoms with Crippen molar-refractivity contribution < 1.29 is 4.79 Å². The molecular weight excluding hydrogens is 286 g/mol. The number of amides is 1. The summed E-state index contributed by atoms with van der Waals surface area (Å²) in [5.74, 6) is 0.0754. The molecule has 1 aromatic carbocycles. The fourth-order valence-corrected chi connectivity index (χ4v) is 3.04. The van der Waals surface area contributed by atoms with Crippen molar-refractivity contribution in [2.75, 3.05) is 20.1 Å². The van der Waals surface area contributed by atoms with E-state index >= 15 is 0 Å². The summed E-state index contributed by atoms with van der Waals surface area (Å²) in [5.41, 5.74) is 3.96. The van der Waals surface area contributed by atoms with Gasteiger partial charge in [0.2, 0.25) is 0 Å². The number of aryl methyl sites for hydroxylation is 1. The van der Waals surface area contributed by atoms with Gasteiger partial charge in [0.25, 0.3) is 5.91 Å². The summed E-state index contributed by atoms with van der Waals surface area (Å²) in [6, 6.07) is 10.6. The molecule has 0 saturated carbocycles. The van der Waals surface area contributed by atoms with Crippen molar-refractivity contribution in [3.05, 3.63) is 53.9 Å². The average Bonchev–Trinajstić information content (AvgIpc) is 2.62. The number of likely N-dealkylation sites (N-methyl/N-ethyl adjacent to an activating group) is 1. The fourth-order valence-electron chi connectivity index (χ4n) is 3.04. The molecule has 0 aliphatic carbocycles. The molecule has 1 atom stereocenters. The normalized spacial score (nSPS) is 18.0. The maximum absolute atomic E-state index is 12.8. The minimum atomic E-state index is 0.0754. The third-order valence-electron chi connectivity index (χ3n) is 4.49. The number of carbonyl (C=O) groups excluding carboxylic acids is 1. The van der Waals surface area contributed by atoms with Gasteiger partial charge in [0.05, 0.1) is 5.56 Å². The molecular formula is C19H23N3O. The van der Waals surface area contributed by atoms with Gasteiger partial charge in [-0.05, 0) is 38.4 Å². The monoisotopic (exact) mass is 309 g/mol. The molecule has 1 aliphatic rings. The van der Waals surface area contributed by atoms with Crippen LogP contribution in [0.15, 0.2) is 42.7 Å². The second-order valence-corrected chi connectivity index (χ2v) is 6.21. The predicted octanol–water partition coefficient (Wildman–Crippen LogP) is 2.88. The molecule has 4 heteroatoms. The predicted molar refractivity (Wildman–Crippen MR) is 92.4 cm³/mol. The van der Waals surface area contributed by atoms with Gasteiger partial charge in [0, 0.05) is 37.1 Å². The number of benzene rings is 1. The van der Waals surface area contributed by atoms with Crippen molar-refractivity contribution in [3.8, 4) is 11.1 Å². The number of pyridine rings is 1. The highest BCUT2D eigenvalue weighted by Crippen LogP contribution is 2.21. The fraction of sp³-hybridized carbons (Fsp3) is 0.368. The van der Waals surface area contributed by atoms with Gasteiger partial charge in [0.1, 0.15) is 0 Å². The number of hydrogen-bond donors (Lipinski definition) is 1. The van der Waals surface area contributed by atoms with Crippen LogP contribution in [0, 0.1) is 6.92 Å². The van der Waals surface area contributed by atoms with E-state index in [0.29, 0.717) is 11.6 Å². The molecule has 2 heterocycles. The lowest BCUT2D eigenvalue weighted by Gasteiger charge is -2.32. The zero-order valence-corrected chi connectivity index (χ0v) is 13.7. The Bertz CT molecular complexity index is 681. The smallest absolute Gasteiger partial charge is 0.255 e. The Morgan fingerprint density at radius 2 is 2.00 bits per heavy atom. The van der Waals surface area contributed by atoms with Crippen molar-refractivity contribution >= 4 is 5.91 Å². The molecule has 2 aromatic rings. The number of likely N-dealkylation sites (tertiary alicyclic amines) is 1. The summed E-state index contributed by atoms with van der Waals surface area (Å²) in [7, 11) is 1.96. The Hall–Kier alpha value is -2.20. The molecule has 0 spiro atoms. The minimum absolute atomic E-state index is 0.0754. The molecule has 1 fully saturated rings. The van der Waals surface area contributed by atoms with E-state index in [-0.39, 0.29) is 5.91 Å². The summed E-state index contributed by atoms with van der Waals surface area (Å²) in [6.07, 6.45) is 5.65. The molecule has 0 radical (unpaired) electrons. The summed E-state index contributed by atoms with van der Waals surface area (Å²) in [6.45, 7) is 3.66. The standard InChI is InChI=1S/C19H23N3O/c1-14-5-7-15(8-6-14)16-10-17(12-21-11-16)19(23)22-9-3-4-18(13-22)20-2/h5-8,10-12,18,20H,3-4,9,13H2,1-2H3. The molecule has 4 nitrogen and oxygen atoms in total. The zero-order valence-electron chi connectivity index (χ0n) is 13.7. The molecule has 0 bridgehead atoms. The van der Waals surface area contributed by atoms with Crippen LogP contribution in [-0.2, 0) is 0 Å². The largest absolute Gasteiger partial charge is 0.337 e. The molecule has 1 saturated heterocycles. The van der Waals surface area contributed by atoms with E-state index in [0.717, 1.165) is 37.1 Å². The Balaban J connectivity index is 1.81. The number of rotatable bonds is 3. The van der Waals surface area contributed by atoms with Crippen molar-refractivity contribution in [3.63, 3.8) is 0 Å². The molecule has 1 N–H and O–H groups in total. The molecule has 3 rings (SSSR count). The topological polar surface area (TPSA) is 45.2 Å². The zero-order chi connectivity index (χ0) is 16.2. The van der Waals surface area contributed by atoms with Crippen LogP contribution in [0.3, 0.4) is 0 Å². The first kappa shape index (κ1) is 15.7. The van der Waals surface area contributed by atoms with Gasteiger partial charge in [-0.15, -0.1) is 0 Å². The van der Waals surface area contributed by atoms with Gasteiger partial charge in [0.15, 0.2) is 0 Å². The first-order chi connectivity index (χ1) is 11.2. The maximum Gasteiger partial charge on any atom is 0.255 e. The average molecular weight is 309 g/mol. The van der Waals surface area contributed by atoms with Crippen LogP contribution in [0.5, 0.6) is 0 Å². The second-order valence-electron chi connectivity index (χ2n) is 6.21. The Morgan fingerprint density at radius 3 is 2.74 bits per heavy atom. The summed E-state index contributed by atoms with van der Waals surface area (Å²) >= 11 is 0. The third kappa shape index (κ3) is 3.59. The SMILES string of the molecule is CNC1CCCN(C(=O)c2cncc(-c3ccc(C)cc3)c2)C1. The molecule has 1 aromatic heterocycles. The minimum Gasteiger partial charge on any atom is -0.337 e. The number of aromatic nitrogens is 1. The van der Waals surface area contributed by atoms with Crippen LogP contribution in [0.25, 0.3) is 11.1 Å². The van der Waals surface area contributed by atoms with Crippen molar-refractivity contribution in [1.82, 2.24) is 15.2 Å². The lowest BCUT2D eigenvalue weighted by molar-refractivity contribution is 0.0698. The highest BCUT2D eigenvalue weighted by Gasteiger charge is 2.23. The van der Waals surface area contributed by atoms with E-state index in [4.69, 9.17) is 0 Å². The van der Waals surface area contributed by atoms with Gasteiger partial charge < -0.3 is 10.2 Å². The lowest BCUT2D eigenvalue weighted by atomic mass is 10.0. The number of nitrogens with one attached hydrogen (secondary N) is 1. The number of piperidine rings is 1. The Kier molecular flexibility index (Phi) is 4.72. The van der Waals surface area contributed by atoms with Crippen LogP contribution in [0.2, 0.25) is 0 Å². The van der Waals surface area contributed by atoms with Gasteiger partial charge in [-0.3, -0.25) is 9.78 Å². The maximum atomic E-state index is 12.8. The number of hydrogen-bond acceptors (Lipinski definition) is 3. The van der Waals surface area contributed by atoms with E-state index in [1.54, 1.807) is 6.20 Å². The quantitative estimate of drug-likeness (QED) is 0.948. The Labute approximate surface area is 137 Å². The first-order valence-electron chi connectivity index (χ1n) is 8.16. The van der Waals surface area contributed by atoms with Gasteiger partial charge >= 0.3 is 0 Å².